The molecule has 2 amide bonds. The lowest BCUT2D eigenvalue weighted by molar-refractivity contribution is 0.0587. The fourth-order valence-electron chi connectivity index (χ4n) is 5.75. The van der Waals surface area contributed by atoms with Crippen LogP contribution in [0.25, 0.3) is 0 Å². The number of nitrogens with one attached hydrogen (secondary N) is 2. The van der Waals surface area contributed by atoms with Gasteiger partial charge in [-0.15, -0.1) is 0 Å². The van der Waals surface area contributed by atoms with E-state index >= 15 is 0 Å². The van der Waals surface area contributed by atoms with Crippen LogP contribution in [0.1, 0.15) is 67.2 Å². The van der Waals surface area contributed by atoms with E-state index in [1.807, 2.05) is 4.90 Å². The van der Waals surface area contributed by atoms with Crippen LogP contribution < -0.4 is 10.6 Å². The maximum absolute atomic E-state index is 12.9. The Kier molecular flexibility index (Phi) is 6.62. The second-order valence-electron chi connectivity index (χ2n) is 10.8. The standard InChI is InChI=1S/C22H43N5O/c1-17(2)25-9-7-19(8-10-25)26-11-13-27(14-12-26)20(28)23-18-15-21(3,4)24-22(5,6)16-18/h17-19,24H,7-16H2,1-6H3,(H,23,28). The highest BCUT2D eigenvalue weighted by Gasteiger charge is 2.39. The number of hydrogen-bond acceptors (Lipinski definition) is 4. The molecule has 3 rings (SSSR count). The molecule has 0 atom stereocenters. The third kappa shape index (κ3) is 5.61. The van der Waals surface area contributed by atoms with Crippen LogP contribution in [0.2, 0.25) is 0 Å². The van der Waals surface area contributed by atoms with Gasteiger partial charge in [0.2, 0.25) is 0 Å². The van der Waals surface area contributed by atoms with E-state index in [0.29, 0.717) is 12.1 Å². The molecule has 0 unspecified atom stereocenters. The molecule has 6 nitrogen and oxygen atoms in total. The molecule has 6 heteroatoms. The molecule has 0 bridgehead atoms. The Morgan fingerprint density at radius 3 is 1.96 bits per heavy atom. The average Bonchev–Trinajstić information content (AvgIpc) is 2.59. The molecule has 2 N–H and O–H groups in total. The fraction of sp³-hybridized carbons (Fsp3) is 0.955. The Hall–Kier alpha value is -0.850. The molecule has 0 saturated carbocycles. The van der Waals surface area contributed by atoms with Crippen LogP contribution in [0, 0.1) is 0 Å². The van der Waals surface area contributed by atoms with Crippen LogP contribution in [0.4, 0.5) is 4.79 Å². The van der Waals surface area contributed by atoms with Gasteiger partial charge in [-0.1, -0.05) is 0 Å². The van der Waals surface area contributed by atoms with Crippen molar-refractivity contribution in [1.82, 2.24) is 25.3 Å². The number of likely N-dealkylation sites (tertiary alicyclic amines) is 1. The lowest BCUT2D eigenvalue weighted by atomic mass is 9.79. The number of carbonyl (C=O) groups is 1. The summed E-state index contributed by atoms with van der Waals surface area (Å²) in [4.78, 5) is 20.1. The second-order valence-corrected chi connectivity index (χ2v) is 10.8. The summed E-state index contributed by atoms with van der Waals surface area (Å²) in [5.41, 5.74) is 0.118. The van der Waals surface area contributed by atoms with Gasteiger partial charge in [0, 0.05) is 55.4 Å². The number of amides is 2. The number of urea groups is 1. The zero-order chi connectivity index (χ0) is 20.5. The predicted molar refractivity (Wildman–Crippen MR) is 116 cm³/mol. The first kappa shape index (κ1) is 21.8. The number of piperidine rings is 2. The molecular weight excluding hydrogens is 350 g/mol. The van der Waals surface area contributed by atoms with E-state index in [-0.39, 0.29) is 23.2 Å². The number of nitrogens with zero attached hydrogens (tertiary/aromatic N) is 3. The Balaban J connectivity index is 1.44. The maximum Gasteiger partial charge on any atom is 0.317 e. The lowest BCUT2D eigenvalue weighted by Crippen LogP contribution is -2.63. The van der Waals surface area contributed by atoms with E-state index in [9.17, 15) is 4.79 Å². The van der Waals surface area contributed by atoms with E-state index < -0.39 is 0 Å². The highest BCUT2D eigenvalue weighted by atomic mass is 16.2. The SMILES string of the molecule is CC(C)N1CCC(N2CCN(C(=O)NC3CC(C)(C)NC(C)(C)C3)CC2)CC1. The van der Waals surface area contributed by atoms with Crippen molar-refractivity contribution in [2.45, 2.75) is 96.4 Å². The molecular formula is C22H43N5O. The van der Waals surface area contributed by atoms with Crippen LogP contribution >= 0.6 is 0 Å². The van der Waals surface area contributed by atoms with E-state index in [1.165, 1.54) is 25.9 Å². The van der Waals surface area contributed by atoms with Gasteiger partial charge >= 0.3 is 6.03 Å². The van der Waals surface area contributed by atoms with Gasteiger partial charge in [-0.25, -0.2) is 4.79 Å². The number of piperazine rings is 1. The molecule has 0 aromatic carbocycles. The van der Waals surface area contributed by atoms with Crippen LogP contribution in [0.15, 0.2) is 0 Å². The van der Waals surface area contributed by atoms with Crippen molar-refractivity contribution < 1.29 is 4.79 Å². The van der Waals surface area contributed by atoms with Gasteiger partial charge in [0.15, 0.2) is 0 Å². The molecule has 3 aliphatic heterocycles. The van der Waals surface area contributed by atoms with Crippen molar-refractivity contribution in [3.63, 3.8) is 0 Å². The normalized spacial score (nSPS) is 27.9. The molecule has 162 valence electrons. The molecule has 0 radical (unpaired) electrons. The summed E-state index contributed by atoms with van der Waals surface area (Å²) in [5, 5.41) is 7.03. The first-order chi connectivity index (χ1) is 13.0. The Bertz CT molecular complexity index is 515. The first-order valence-electron chi connectivity index (χ1n) is 11.4. The van der Waals surface area contributed by atoms with E-state index in [2.05, 4.69) is 62.0 Å². The van der Waals surface area contributed by atoms with E-state index in [1.54, 1.807) is 0 Å². The second kappa shape index (κ2) is 8.49. The topological polar surface area (TPSA) is 50.9 Å². The summed E-state index contributed by atoms with van der Waals surface area (Å²) in [7, 11) is 0. The highest BCUT2D eigenvalue weighted by molar-refractivity contribution is 5.74. The largest absolute Gasteiger partial charge is 0.335 e. The molecule has 0 aromatic rings. The molecule has 3 saturated heterocycles. The van der Waals surface area contributed by atoms with Crippen LogP contribution in [-0.4, -0.2) is 89.2 Å². The van der Waals surface area contributed by atoms with Gasteiger partial charge < -0.3 is 20.4 Å². The smallest absolute Gasteiger partial charge is 0.317 e. The molecule has 3 fully saturated rings. The summed E-state index contributed by atoms with van der Waals surface area (Å²) in [6.07, 6.45) is 4.50. The summed E-state index contributed by atoms with van der Waals surface area (Å²) in [6, 6.07) is 1.74. The summed E-state index contributed by atoms with van der Waals surface area (Å²) in [5.74, 6) is 0. The summed E-state index contributed by atoms with van der Waals surface area (Å²) >= 11 is 0. The average molecular weight is 394 g/mol. The highest BCUT2D eigenvalue weighted by Crippen LogP contribution is 2.28. The lowest BCUT2D eigenvalue weighted by Gasteiger charge is -2.47. The molecule has 0 spiro atoms. The summed E-state index contributed by atoms with van der Waals surface area (Å²) < 4.78 is 0. The number of rotatable bonds is 3. The van der Waals surface area contributed by atoms with Crippen LogP contribution in [-0.2, 0) is 0 Å². The maximum atomic E-state index is 12.9. The third-order valence-electron chi connectivity index (χ3n) is 6.87. The van der Waals surface area contributed by atoms with Gasteiger partial charge in [0.05, 0.1) is 0 Å². The van der Waals surface area contributed by atoms with Crippen LogP contribution in [0.5, 0.6) is 0 Å². The quantitative estimate of drug-likeness (QED) is 0.774. The molecule has 0 aliphatic carbocycles. The van der Waals surface area contributed by atoms with Crippen molar-refractivity contribution in [1.29, 1.82) is 0 Å². The Morgan fingerprint density at radius 1 is 0.929 bits per heavy atom. The predicted octanol–water partition coefficient (Wildman–Crippen LogP) is 2.50. The third-order valence-corrected chi connectivity index (χ3v) is 6.87. The van der Waals surface area contributed by atoms with E-state index in [4.69, 9.17) is 0 Å². The summed E-state index contributed by atoms with van der Waals surface area (Å²) in [6.45, 7) is 19.7. The molecule has 3 aliphatic rings. The van der Waals surface area contributed by atoms with Gasteiger partial charge in [0.1, 0.15) is 0 Å². The van der Waals surface area contributed by atoms with Gasteiger partial charge in [0.25, 0.3) is 0 Å². The van der Waals surface area contributed by atoms with Gasteiger partial charge in [-0.05, 0) is 80.3 Å². The van der Waals surface area contributed by atoms with Crippen molar-refractivity contribution in [2.75, 3.05) is 39.3 Å². The van der Waals surface area contributed by atoms with Gasteiger partial charge in [-0.2, -0.15) is 0 Å². The van der Waals surface area contributed by atoms with Crippen molar-refractivity contribution in [3.8, 4) is 0 Å². The zero-order valence-electron chi connectivity index (χ0n) is 19.1. The molecule has 28 heavy (non-hydrogen) atoms. The molecule has 0 aromatic heterocycles. The van der Waals surface area contributed by atoms with E-state index in [0.717, 1.165) is 39.0 Å². The molecule has 3 heterocycles. The fourth-order valence-corrected chi connectivity index (χ4v) is 5.75. The van der Waals surface area contributed by atoms with Crippen molar-refractivity contribution >= 4 is 6.03 Å². The monoisotopic (exact) mass is 393 g/mol. The number of carbonyl (C=O) groups excluding carboxylic acids is 1. The van der Waals surface area contributed by atoms with Crippen molar-refractivity contribution in [2.24, 2.45) is 0 Å². The first-order valence-corrected chi connectivity index (χ1v) is 11.4. The van der Waals surface area contributed by atoms with Gasteiger partial charge in [-0.3, -0.25) is 4.90 Å². The minimum Gasteiger partial charge on any atom is -0.335 e. The zero-order valence-corrected chi connectivity index (χ0v) is 19.1. The Morgan fingerprint density at radius 2 is 1.46 bits per heavy atom. The van der Waals surface area contributed by atoms with Crippen molar-refractivity contribution in [3.05, 3.63) is 0 Å². The minimum atomic E-state index is 0.0588. The minimum absolute atomic E-state index is 0.0588. The van der Waals surface area contributed by atoms with Crippen LogP contribution in [0.3, 0.4) is 0 Å². The number of hydrogen-bond donors (Lipinski definition) is 2. The Labute approximate surface area is 172 Å².